The summed E-state index contributed by atoms with van der Waals surface area (Å²) < 4.78 is 5.40. The standard InChI is InChI=1S/C18H23N3O2S/c1-24-13-16-19-18(23-20-16)15-9-10-17(22)21(12-15)11-5-8-14-6-3-2-4-7-14/h2-4,6-7,15H,5,8-13H2,1H3/t15-/m1/s1. The van der Waals surface area contributed by atoms with Crippen LogP contribution in [0.1, 0.15) is 42.5 Å². The second-order valence-corrected chi connectivity index (χ2v) is 7.01. The van der Waals surface area contributed by atoms with Crippen LogP contribution in [0.4, 0.5) is 0 Å². The van der Waals surface area contributed by atoms with E-state index in [9.17, 15) is 4.79 Å². The van der Waals surface area contributed by atoms with Crippen molar-refractivity contribution >= 4 is 17.7 Å². The Balaban J connectivity index is 1.54. The number of hydrogen-bond acceptors (Lipinski definition) is 5. The highest BCUT2D eigenvalue weighted by atomic mass is 32.2. The number of likely N-dealkylation sites (tertiary alicyclic amines) is 1. The molecule has 1 atom stereocenters. The molecular formula is C18H23N3O2S. The van der Waals surface area contributed by atoms with Gasteiger partial charge in [-0.2, -0.15) is 16.7 Å². The predicted octanol–water partition coefficient (Wildman–Crippen LogP) is 3.27. The largest absolute Gasteiger partial charge is 0.342 e. The first-order valence-corrected chi connectivity index (χ1v) is 9.78. The fraction of sp³-hybridized carbons (Fsp3) is 0.500. The Labute approximate surface area is 146 Å². The molecule has 0 radical (unpaired) electrons. The summed E-state index contributed by atoms with van der Waals surface area (Å²) in [6.07, 6.45) is 5.35. The van der Waals surface area contributed by atoms with Gasteiger partial charge >= 0.3 is 0 Å². The summed E-state index contributed by atoms with van der Waals surface area (Å²) in [7, 11) is 0. The average molecular weight is 345 g/mol. The van der Waals surface area contributed by atoms with E-state index in [-0.39, 0.29) is 11.8 Å². The molecular weight excluding hydrogens is 322 g/mol. The van der Waals surface area contributed by atoms with E-state index in [4.69, 9.17) is 4.52 Å². The topological polar surface area (TPSA) is 59.2 Å². The van der Waals surface area contributed by atoms with Crippen molar-refractivity contribution < 1.29 is 9.32 Å². The summed E-state index contributed by atoms with van der Waals surface area (Å²) in [5.41, 5.74) is 1.32. The molecule has 0 unspecified atom stereocenters. The minimum Gasteiger partial charge on any atom is -0.342 e. The van der Waals surface area contributed by atoms with E-state index >= 15 is 0 Å². The van der Waals surface area contributed by atoms with E-state index < -0.39 is 0 Å². The van der Waals surface area contributed by atoms with Crippen molar-refractivity contribution in [3.05, 3.63) is 47.6 Å². The van der Waals surface area contributed by atoms with Gasteiger partial charge in [-0.1, -0.05) is 35.5 Å². The van der Waals surface area contributed by atoms with Crippen LogP contribution in [0.5, 0.6) is 0 Å². The molecule has 1 aromatic carbocycles. The van der Waals surface area contributed by atoms with Gasteiger partial charge in [0.2, 0.25) is 11.8 Å². The number of carbonyl (C=O) groups excluding carboxylic acids is 1. The number of thioether (sulfide) groups is 1. The van der Waals surface area contributed by atoms with E-state index in [1.807, 2.05) is 17.2 Å². The van der Waals surface area contributed by atoms with E-state index in [2.05, 4.69) is 34.4 Å². The number of aryl methyl sites for hydroxylation is 1. The minimum absolute atomic E-state index is 0.169. The van der Waals surface area contributed by atoms with Crippen LogP contribution in [0.2, 0.25) is 0 Å². The monoisotopic (exact) mass is 345 g/mol. The van der Waals surface area contributed by atoms with Crippen LogP contribution in [0, 0.1) is 0 Å². The fourth-order valence-electron chi connectivity index (χ4n) is 3.07. The van der Waals surface area contributed by atoms with E-state index in [0.717, 1.165) is 37.4 Å². The zero-order valence-corrected chi connectivity index (χ0v) is 14.8. The number of rotatable bonds is 7. The maximum absolute atomic E-state index is 12.2. The quantitative estimate of drug-likeness (QED) is 0.771. The van der Waals surface area contributed by atoms with E-state index in [1.54, 1.807) is 11.8 Å². The summed E-state index contributed by atoms with van der Waals surface area (Å²) in [5, 5.41) is 4.02. The number of carbonyl (C=O) groups is 1. The average Bonchev–Trinajstić information content (AvgIpc) is 3.06. The number of hydrogen-bond donors (Lipinski definition) is 0. The minimum atomic E-state index is 0.169. The number of piperidine rings is 1. The Morgan fingerprint density at radius 2 is 2.17 bits per heavy atom. The van der Waals surface area contributed by atoms with Crippen LogP contribution in [0.25, 0.3) is 0 Å². The third-order valence-corrected chi connectivity index (χ3v) is 4.89. The smallest absolute Gasteiger partial charge is 0.231 e. The fourth-order valence-corrected chi connectivity index (χ4v) is 3.45. The molecule has 1 saturated heterocycles. The number of amides is 1. The lowest BCUT2D eigenvalue weighted by molar-refractivity contribution is -0.134. The van der Waals surface area contributed by atoms with Crippen LogP contribution in [0.15, 0.2) is 34.9 Å². The van der Waals surface area contributed by atoms with Crippen LogP contribution in [-0.4, -0.2) is 40.3 Å². The number of benzene rings is 1. The van der Waals surface area contributed by atoms with Crippen LogP contribution >= 0.6 is 11.8 Å². The second kappa shape index (κ2) is 8.33. The zero-order chi connectivity index (χ0) is 16.8. The molecule has 0 spiro atoms. The molecule has 6 heteroatoms. The molecule has 1 aliphatic rings. The van der Waals surface area contributed by atoms with Gasteiger partial charge in [0.25, 0.3) is 0 Å². The summed E-state index contributed by atoms with van der Waals surface area (Å²) in [4.78, 5) is 18.6. The summed E-state index contributed by atoms with van der Waals surface area (Å²) in [6, 6.07) is 10.4. The number of nitrogens with zero attached hydrogens (tertiary/aromatic N) is 3. The molecule has 3 rings (SSSR count). The summed E-state index contributed by atoms with van der Waals surface area (Å²) in [5.74, 6) is 2.59. The predicted molar refractivity (Wildman–Crippen MR) is 94.8 cm³/mol. The lowest BCUT2D eigenvalue weighted by Crippen LogP contribution is -2.39. The molecule has 2 heterocycles. The molecule has 0 N–H and O–H groups in total. The molecule has 5 nitrogen and oxygen atoms in total. The highest BCUT2D eigenvalue weighted by Crippen LogP contribution is 2.27. The van der Waals surface area contributed by atoms with Gasteiger partial charge in [-0.05, 0) is 31.1 Å². The molecule has 2 aromatic rings. The van der Waals surface area contributed by atoms with Gasteiger partial charge in [0.15, 0.2) is 5.82 Å². The maximum Gasteiger partial charge on any atom is 0.231 e. The van der Waals surface area contributed by atoms with Crippen LogP contribution < -0.4 is 0 Å². The Bertz CT molecular complexity index is 659. The molecule has 1 aliphatic heterocycles. The Kier molecular flexibility index (Phi) is 5.91. The molecule has 128 valence electrons. The van der Waals surface area contributed by atoms with Crippen molar-refractivity contribution in [2.24, 2.45) is 0 Å². The first-order valence-electron chi connectivity index (χ1n) is 8.39. The molecule has 1 aromatic heterocycles. The second-order valence-electron chi connectivity index (χ2n) is 6.15. The highest BCUT2D eigenvalue weighted by Gasteiger charge is 2.29. The molecule has 0 bridgehead atoms. The Hall–Kier alpha value is -1.82. The first kappa shape index (κ1) is 17.0. The molecule has 1 amide bonds. The Morgan fingerprint density at radius 1 is 1.33 bits per heavy atom. The van der Waals surface area contributed by atoms with Crippen molar-refractivity contribution in [2.45, 2.75) is 37.4 Å². The molecule has 1 fully saturated rings. The van der Waals surface area contributed by atoms with E-state index in [0.29, 0.717) is 18.9 Å². The van der Waals surface area contributed by atoms with Gasteiger partial charge in [0, 0.05) is 19.5 Å². The highest BCUT2D eigenvalue weighted by molar-refractivity contribution is 7.97. The SMILES string of the molecule is CSCc1noc([C@@H]2CCC(=O)N(CCCc3ccccc3)C2)n1. The first-order chi connectivity index (χ1) is 11.8. The lowest BCUT2D eigenvalue weighted by Gasteiger charge is -2.31. The van der Waals surface area contributed by atoms with Crippen molar-refractivity contribution in [1.82, 2.24) is 15.0 Å². The van der Waals surface area contributed by atoms with Crippen molar-refractivity contribution in [2.75, 3.05) is 19.3 Å². The Morgan fingerprint density at radius 3 is 2.96 bits per heavy atom. The number of aromatic nitrogens is 2. The lowest BCUT2D eigenvalue weighted by atomic mass is 9.97. The maximum atomic E-state index is 12.2. The zero-order valence-electron chi connectivity index (χ0n) is 14.0. The van der Waals surface area contributed by atoms with Crippen LogP contribution in [-0.2, 0) is 17.0 Å². The third-order valence-electron chi connectivity index (χ3n) is 4.34. The summed E-state index contributed by atoms with van der Waals surface area (Å²) in [6.45, 7) is 1.48. The van der Waals surface area contributed by atoms with Gasteiger partial charge < -0.3 is 9.42 Å². The third kappa shape index (κ3) is 4.38. The van der Waals surface area contributed by atoms with Gasteiger partial charge in [-0.3, -0.25) is 4.79 Å². The molecule has 24 heavy (non-hydrogen) atoms. The normalized spacial score (nSPS) is 18.1. The molecule has 0 aliphatic carbocycles. The van der Waals surface area contributed by atoms with Gasteiger partial charge in [-0.15, -0.1) is 0 Å². The van der Waals surface area contributed by atoms with E-state index in [1.165, 1.54) is 5.56 Å². The van der Waals surface area contributed by atoms with Gasteiger partial charge in [0.1, 0.15) is 0 Å². The van der Waals surface area contributed by atoms with Crippen LogP contribution in [0.3, 0.4) is 0 Å². The summed E-state index contributed by atoms with van der Waals surface area (Å²) >= 11 is 1.68. The van der Waals surface area contributed by atoms with Crippen molar-refractivity contribution in [3.63, 3.8) is 0 Å². The van der Waals surface area contributed by atoms with Gasteiger partial charge in [0.05, 0.1) is 11.7 Å². The van der Waals surface area contributed by atoms with Crippen molar-refractivity contribution in [1.29, 1.82) is 0 Å². The van der Waals surface area contributed by atoms with Gasteiger partial charge in [-0.25, -0.2) is 0 Å². The van der Waals surface area contributed by atoms with Crippen molar-refractivity contribution in [3.8, 4) is 0 Å². The molecule has 0 saturated carbocycles.